The van der Waals surface area contributed by atoms with Crippen LogP contribution in [-0.4, -0.2) is 117 Å². The third-order valence-corrected chi connectivity index (χ3v) is 7.26. The van der Waals surface area contributed by atoms with Crippen molar-refractivity contribution >= 4 is 34.6 Å². The zero-order chi connectivity index (χ0) is 32.3. The Morgan fingerprint density at radius 3 is 1.66 bits per heavy atom. The summed E-state index contributed by atoms with van der Waals surface area (Å²) in [6.07, 6.45) is 0. The molecule has 0 aromatic heterocycles. The first-order valence-electron chi connectivity index (χ1n) is 15.7. The summed E-state index contributed by atoms with van der Waals surface area (Å²) < 4.78 is 5.27. The van der Waals surface area contributed by atoms with E-state index in [9.17, 15) is 9.59 Å². The highest BCUT2D eigenvalue weighted by Gasteiger charge is 2.20. The van der Waals surface area contributed by atoms with E-state index in [1.54, 1.807) is 4.90 Å². The Morgan fingerprint density at radius 2 is 1.16 bits per heavy atom. The third kappa shape index (κ3) is 13.2. The molecule has 0 atom stereocenters. The minimum atomic E-state index is 0.0217. The molecule has 0 unspecified atom stereocenters. The van der Waals surface area contributed by atoms with Crippen molar-refractivity contribution in [2.24, 2.45) is 0 Å². The fourth-order valence-electron chi connectivity index (χ4n) is 4.88. The van der Waals surface area contributed by atoms with E-state index in [4.69, 9.17) is 4.74 Å². The third-order valence-electron chi connectivity index (χ3n) is 7.26. The molecule has 3 N–H and O–H groups in total. The van der Waals surface area contributed by atoms with Gasteiger partial charge in [0.25, 0.3) is 0 Å². The van der Waals surface area contributed by atoms with Gasteiger partial charge >= 0.3 is 0 Å². The van der Waals surface area contributed by atoms with Crippen molar-refractivity contribution in [2.45, 2.75) is 52.6 Å². The summed E-state index contributed by atoms with van der Waals surface area (Å²) in [6.45, 7) is 20.7. The number of hydrogen-bond donors (Lipinski definition) is 3. The molecule has 10 heteroatoms. The van der Waals surface area contributed by atoms with Crippen LogP contribution in [0.1, 0.15) is 41.5 Å². The summed E-state index contributed by atoms with van der Waals surface area (Å²) in [5, 5.41) is 9.75. The number of hydrogen-bond acceptors (Lipinski definition) is 8. The van der Waals surface area contributed by atoms with E-state index in [2.05, 4.69) is 79.2 Å². The molecule has 10 nitrogen and oxygen atoms in total. The minimum Gasteiger partial charge on any atom is -0.380 e. The lowest BCUT2D eigenvalue weighted by Gasteiger charge is -2.32. The van der Waals surface area contributed by atoms with Gasteiger partial charge < -0.3 is 30.5 Å². The highest BCUT2D eigenvalue weighted by atomic mass is 16.5. The largest absolute Gasteiger partial charge is 0.380 e. The zero-order valence-electron chi connectivity index (χ0n) is 28.2. The van der Waals surface area contributed by atoms with Gasteiger partial charge in [0, 0.05) is 80.1 Å². The average molecular weight is 610 g/mol. The van der Waals surface area contributed by atoms with Gasteiger partial charge in [-0.15, -0.1) is 0 Å². The van der Waals surface area contributed by atoms with Crippen LogP contribution >= 0.6 is 0 Å². The van der Waals surface area contributed by atoms with Gasteiger partial charge in [0.1, 0.15) is 0 Å². The van der Waals surface area contributed by atoms with Crippen molar-refractivity contribution in [3.8, 4) is 0 Å². The zero-order valence-corrected chi connectivity index (χ0v) is 28.2. The van der Waals surface area contributed by atoms with Gasteiger partial charge in [-0.3, -0.25) is 19.4 Å². The van der Waals surface area contributed by atoms with Gasteiger partial charge in [-0.25, -0.2) is 0 Å². The van der Waals surface area contributed by atoms with Crippen LogP contribution in [0.3, 0.4) is 0 Å². The summed E-state index contributed by atoms with van der Waals surface area (Å²) in [6, 6.07) is 15.9. The number of carbonyl (C=O) groups is 2. The topological polar surface area (TPSA) is 92.4 Å². The highest BCUT2D eigenvalue weighted by Crippen LogP contribution is 2.20. The van der Waals surface area contributed by atoms with Crippen LogP contribution in [0, 0.1) is 0 Å². The number of piperazine rings is 1. The summed E-state index contributed by atoms with van der Waals surface area (Å²) in [7, 11) is 3.98. The summed E-state index contributed by atoms with van der Waals surface area (Å²) in [5.74, 6) is 0.166. The van der Waals surface area contributed by atoms with E-state index in [1.807, 2.05) is 55.6 Å². The normalized spacial score (nSPS) is 16.8. The van der Waals surface area contributed by atoms with Crippen LogP contribution in [0.2, 0.25) is 0 Å². The second kappa shape index (κ2) is 16.2. The Kier molecular flexibility index (Phi) is 13.0. The quantitative estimate of drug-likeness (QED) is 0.409. The number of anilines is 4. The molecule has 2 heterocycles. The van der Waals surface area contributed by atoms with Crippen LogP contribution in [0.4, 0.5) is 22.7 Å². The van der Waals surface area contributed by atoms with Crippen molar-refractivity contribution in [1.82, 2.24) is 14.7 Å². The van der Waals surface area contributed by atoms with Crippen LogP contribution in [0.15, 0.2) is 48.5 Å². The number of nitrogens with one attached hydrogen (secondary N) is 3. The number of carbonyl (C=O) groups excluding carboxylic acids is 2. The smallest absolute Gasteiger partial charge is 0.240 e. The van der Waals surface area contributed by atoms with Gasteiger partial charge in [-0.2, -0.15) is 0 Å². The molecule has 2 aromatic rings. The molecule has 44 heavy (non-hydrogen) atoms. The van der Waals surface area contributed by atoms with E-state index >= 15 is 0 Å². The maximum absolute atomic E-state index is 12.5. The molecule has 0 bridgehead atoms. The van der Waals surface area contributed by atoms with E-state index in [-0.39, 0.29) is 22.9 Å². The number of nitrogens with zero attached hydrogens (tertiary/aromatic N) is 4. The number of rotatable bonds is 8. The molecule has 2 saturated heterocycles. The SMILES string of the molecule is CC(C)(C)Nc1ccc(NC(=O)CN2CCOCC2)cc1.CN1CCN(CC(=O)N(C)c2ccc(NC(C)(C)C)cc2)CC1. The first-order valence-corrected chi connectivity index (χ1v) is 15.7. The fourth-order valence-corrected chi connectivity index (χ4v) is 4.88. The molecule has 2 aliphatic heterocycles. The molecule has 2 amide bonds. The number of likely N-dealkylation sites (N-methyl/N-ethyl adjacent to an activating group) is 2. The molecule has 244 valence electrons. The number of benzene rings is 2. The lowest BCUT2D eigenvalue weighted by atomic mass is 10.1. The second-order valence-corrected chi connectivity index (χ2v) is 13.8. The summed E-state index contributed by atoms with van der Waals surface area (Å²) in [5.41, 5.74) is 3.94. The molecular weight excluding hydrogens is 554 g/mol. The predicted molar refractivity (Wildman–Crippen MR) is 183 cm³/mol. The van der Waals surface area contributed by atoms with E-state index in [0.29, 0.717) is 26.3 Å². The molecule has 4 rings (SSSR count). The van der Waals surface area contributed by atoms with E-state index in [0.717, 1.165) is 62.0 Å². The lowest BCUT2D eigenvalue weighted by Crippen LogP contribution is -2.48. The molecule has 2 aliphatic rings. The van der Waals surface area contributed by atoms with Gasteiger partial charge in [0.05, 0.1) is 26.3 Å². The number of amides is 2. The fraction of sp³-hybridized carbons (Fsp3) is 0.588. The molecule has 0 saturated carbocycles. The minimum absolute atomic E-state index is 0.0217. The predicted octanol–water partition coefficient (Wildman–Crippen LogP) is 4.27. The molecule has 2 aromatic carbocycles. The summed E-state index contributed by atoms with van der Waals surface area (Å²) >= 11 is 0. The Bertz CT molecular complexity index is 1160. The van der Waals surface area contributed by atoms with Gasteiger partial charge in [-0.1, -0.05) is 0 Å². The Balaban J connectivity index is 0.000000241. The molecule has 0 spiro atoms. The van der Waals surface area contributed by atoms with Crippen molar-refractivity contribution in [3.63, 3.8) is 0 Å². The summed E-state index contributed by atoms with van der Waals surface area (Å²) in [4.78, 5) is 32.8. The molecule has 0 aliphatic carbocycles. The highest BCUT2D eigenvalue weighted by molar-refractivity contribution is 5.94. The molecule has 0 radical (unpaired) electrons. The average Bonchev–Trinajstić information content (AvgIpc) is 2.94. The maximum Gasteiger partial charge on any atom is 0.240 e. The van der Waals surface area contributed by atoms with Crippen molar-refractivity contribution < 1.29 is 14.3 Å². The lowest BCUT2D eigenvalue weighted by molar-refractivity contribution is -0.120. The molecule has 2 fully saturated rings. The van der Waals surface area contributed by atoms with E-state index < -0.39 is 0 Å². The van der Waals surface area contributed by atoms with Crippen molar-refractivity contribution in [2.75, 3.05) is 101 Å². The first-order chi connectivity index (χ1) is 20.7. The van der Waals surface area contributed by atoms with Crippen molar-refractivity contribution in [1.29, 1.82) is 0 Å². The number of morpholine rings is 1. The van der Waals surface area contributed by atoms with Crippen LogP contribution < -0.4 is 20.9 Å². The number of ether oxygens (including phenoxy) is 1. The second-order valence-electron chi connectivity index (χ2n) is 13.8. The van der Waals surface area contributed by atoms with Crippen LogP contribution in [0.25, 0.3) is 0 Å². The monoisotopic (exact) mass is 609 g/mol. The Labute approximate surface area is 265 Å². The maximum atomic E-state index is 12.5. The van der Waals surface area contributed by atoms with Crippen LogP contribution in [0.5, 0.6) is 0 Å². The Hall–Kier alpha value is -3.18. The molecular formula is C34H55N7O3. The van der Waals surface area contributed by atoms with Gasteiger partial charge in [0.15, 0.2) is 0 Å². The van der Waals surface area contributed by atoms with E-state index in [1.165, 1.54) is 0 Å². The van der Waals surface area contributed by atoms with Gasteiger partial charge in [0.2, 0.25) is 11.8 Å². The Morgan fingerprint density at radius 1 is 0.705 bits per heavy atom. The first kappa shape index (κ1) is 35.3. The van der Waals surface area contributed by atoms with Crippen molar-refractivity contribution in [3.05, 3.63) is 48.5 Å². The standard InChI is InChI=1S/C18H30N4O.C16H25N3O2/c1-18(2,3)19-15-6-8-16(9-7-15)21(5)17(23)14-22-12-10-20(4)11-13-22;1-16(2,3)18-14-6-4-13(5-7-14)17-15(20)12-19-8-10-21-11-9-19/h6-9,19H,10-14H2,1-5H3;4-7,18H,8-12H2,1-3H3,(H,17,20). The van der Waals surface area contributed by atoms with Crippen LogP contribution in [-0.2, 0) is 14.3 Å². The van der Waals surface area contributed by atoms with Gasteiger partial charge in [-0.05, 0) is 97.1 Å².